The molecule has 1 aliphatic rings. The smallest absolute Gasteiger partial charge is 0.412 e. The molecule has 0 aliphatic carbocycles. The van der Waals surface area contributed by atoms with Crippen molar-refractivity contribution in [3.63, 3.8) is 0 Å². The van der Waals surface area contributed by atoms with Gasteiger partial charge in [0, 0.05) is 24.4 Å². The third-order valence-corrected chi connectivity index (χ3v) is 5.56. The second-order valence-electron chi connectivity index (χ2n) is 6.37. The van der Waals surface area contributed by atoms with E-state index in [-0.39, 0.29) is 17.4 Å². The Morgan fingerprint density at radius 2 is 2.10 bits per heavy atom. The van der Waals surface area contributed by atoms with Crippen molar-refractivity contribution in [3.05, 3.63) is 58.1 Å². The van der Waals surface area contributed by atoms with Crippen molar-refractivity contribution >= 4 is 40.1 Å². The van der Waals surface area contributed by atoms with Gasteiger partial charge in [0.25, 0.3) is 0 Å². The van der Waals surface area contributed by atoms with Crippen molar-refractivity contribution < 1.29 is 22.9 Å². The Labute approximate surface area is 181 Å². The SMILES string of the molecule is CNC(=O)Oc1cc2c(cc1Cl)C(CF)=C(Cc1cccc(NS(=O)NC)c1)CO2. The standard InChI is InChI=1S/C20H21ClFN3O4S/c1-23-20(26)29-19-9-18-15(8-17(19)21)16(10-22)13(11-28-18)6-12-4-3-5-14(7-12)25-30(27)24-2/h3-5,7-9,24-25H,6,10-11H2,1-2H3,(H,23,26). The topological polar surface area (TPSA) is 88.7 Å². The van der Waals surface area contributed by atoms with Crippen LogP contribution >= 0.6 is 11.6 Å². The van der Waals surface area contributed by atoms with E-state index in [2.05, 4.69) is 14.8 Å². The molecule has 3 rings (SSSR count). The van der Waals surface area contributed by atoms with Crippen LogP contribution in [-0.2, 0) is 17.6 Å². The summed E-state index contributed by atoms with van der Waals surface area (Å²) >= 11 is 4.83. The fourth-order valence-electron chi connectivity index (χ4n) is 3.03. The number of hydrogen-bond acceptors (Lipinski definition) is 4. The number of allylic oxidation sites excluding steroid dienone is 1. The lowest BCUT2D eigenvalue weighted by Crippen LogP contribution is -2.22. The van der Waals surface area contributed by atoms with E-state index in [0.29, 0.717) is 29.0 Å². The minimum absolute atomic E-state index is 0.132. The van der Waals surface area contributed by atoms with Gasteiger partial charge in [0.05, 0.1) is 5.02 Å². The maximum atomic E-state index is 14.0. The van der Waals surface area contributed by atoms with Crippen LogP contribution in [0.25, 0.3) is 5.57 Å². The highest BCUT2D eigenvalue weighted by Crippen LogP contribution is 2.41. The maximum absolute atomic E-state index is 14.0. The Bertz CT molecular complexity index is 1020. The second-order valence-corrected chi connectivity index (χ2v) is 7.93. The van der Waals surface area contributed by atoms with Crippen LogP contribution in [0.15, 0.2) is 42.0 Å². The lowest BCUT2D eigenvalue weighted by Gasteiger charge is -2.24. The molecule has 0 saturated heterocycles. The Morgan fingerprint density at radius 1 is 1.30 bits per heavy atom. The van der Waals surface area contributed by atoms with E-state index in [1.807, 2.05) is 18.2 Å². The number of fused-ring (bicyclic) bond motifs is 1. The highest BCUT2D eigenvalue weighted by Gasteiger charge is 2.23. The molecule has 2 aromatic carbocycles. The van der Waals surface area contributed by atoms with Gasteiger partial charge >= 0.3 is 6.09 Å². The van der Waals surface area contributed by atoms with Gasteiger partial charge in [-0.05, 0) is 48.4 Å². The van der Waals surface area contributed by atoms with Gasteiger partial charge in [-0.25, -0.2) is 18.1 Å². The van der Waals surface area contributed by atoms with Crippen LogP contribution in [-0.4, -0.2) is 37.7 Å². The Kier molecular flexibility index (Phi) is 7.30. The zero-order chi connectivity index (χ0) is 21.7. The number of halogens is 2. The molecule has 0 fully saturated rings. The van der Waals surface area contributed by atoms with Crippen LogP contribution in [0.5, 0.6) is 11.5 Å². The lowest BCUT2D eigenvalue weighted by atomic mass is 9.93. The van der Waals surface area contributed by atoms with Gasteiger partial charge < -0.3 is 14.8 Å². The average molecular weight is 454 g/mol. The van der Waals surface area contributed by atoms with Crippen LogP contribution in [0.2, 0.25) is 5.02 Å². The van der Waals surface area contributed by atoms with E-state index >= 15 is 0 Å². The minimum atomic E-state index is -1.39. The van der Waals surface area contributed by atoms with E-state index in [4.69, 9.17) is 21.1 Å². The van der Waals surface area contributed by atoms with Crippen molar-refractivity contribution in [2.24, 2.45) is 0 Å². The summed E-state index contributed by atoms with van der Waals surface area (Å²) in [6.07, 6.45) is -0.212. The lowest BCUT2D eigenvalue weighted by molar-refractivity contribution is 0.202. The first-order chi connectivity index (χ1) is 14.4. The largest absolute Gasteiger partial charge is 0.488 e. The number of hydrogen-bond donors (Lipinski definition) is 3. The predicted molar refractivity (Wildman–Crippen MR) is 116 cm³/mol. The second kappa shape index (κ2) is 9.92. The van der Waals surface area contributed by atoms with Crippen LogP contribution in [0.4, 0.5) is 14.9 Å². The van der Waals surface area contributed by atoms with E-state index in [1.54, 1.807) is 13.1 Å². The summed E-state index contributed by atoms with van der Waals surface area (Å²) in [6.45, 7) is -0.507. The molecule has 10 heteroatoms. The van der Waals surface area contributed by atoms with Gasteiger partial charge in [-0.1, -0.05) is 23.7 Å². The first-order valence-electron chi connectivity index (χ1n) is 9.03. The van der Waals surface area contributed by atoms with E-state index in [0.717, 1.165) is 11.1 Å². The van der Waals surface area contributed by atoms with Crippen molar-refractivity contribution in [2.45, 2.75) is 6.42 Å². The molecule has 3 N–H and O–H groups in total. The molecule has 1 amide bonds. The zero-order valence-corrected chi connectivity index (χ0v) is 18.0. The Morgan fingerprint density at radius 3 is 2.80 bits per heavy atom. The summed E-state index contributed by atoms with van der Waals surface area (Å²) in [6, 6.07) is 10.4. The molecule has 1 heterocycles. The molecule has 1 aliphatic heterocycles. The average Bonchev–Trinajstić information content (AvgIpc) is 2.74. The van der Waals surface area contributed by atoms with E-state index in [9.17, 15) is 13.4 Å². The number of anilines is 1. The third-order valence-electron chi connectivity index (χ3n) is 4.47. The van der Waals surface area contributed by atoms with Crippen LogP contribution < -0.4 is 24.2 Å². The molecule has 1 atom stereocenters. The van der Waals surface area contributed by atoms with E-state index < -0.39 is 23.9 Å². The van der Waals surface area contributed by atoms with Crippen molar-refractivity contribution in [1.29, 1.82) is 0 Å². The van der Waals surface area contributed by atoms with Gasteiger partial charge in [0.2, 0.25) is 0 Å². The normalized spacial score (nSPS) is 13.9. The van der Waals surface area contributed by atoms with E-state index in [1.165, 1.54) is 19.2 Å². The van der Waals surface area contributed by atoms with Crippen LogP contribution in [0, 0.1) is 0 Å². The van der Waals surface area contributed by atoms with Crippen LogP contribution in [0.3, 0.4) is 0 Å². The predicted octanol–water partition coefficient (Wildman–Crippen LogP) is 3.63. The fourth-order valence-corrected chi connectivity index (χ4v) is 3.68. The number of carbonyl (C=O) groups excluding carboxylic acids is 1. The molecule has 1 unspecified atom stereocenters. The summed E-state index contributed by atoms with van der Waals surface area (Å²) in [5, 5.41) is 2.51. The highest BCUT2D eigenvalue weighted by molar-refractivity contribution is 7.84. The first kappa shape index (κ1) is 22.1. The number of carbonyl (C=O) groups is 1. The van der Waals surface area contributed by atoms with Crippen molar-refractivity contribution in [3.8, 4) is 11.5 Å². The molecule has 7 nitrogen and oxygen atoms in total. The van der Waals surface area contributed by atoms with Crippen LogP contribution in [0.1, 0.15) is 11.1 Å². The summed E-state index contributed by atoms with van der Waals surface area (Å²) < 4.78 is 41.9. The third kappa shape index (κ3) is 5.10. The minimum Gasteiger partial charge on any atom is -0.488 e. The molecule has 0 spiro atoms. The molecular formula is C20H21ClFN3O4S. The van der Waals surface area contributed by atoms with Crippen molar-refractivity contribution in [2.75, 3.05) is 32.1 Å². The highest BCUT2D eigenvalue weighted by atomic mass is 35.5. The summed E-state index contributed by atoms with van der Waals surface area (Å²) in [5.41, 5.74) is 3.37. The van der Waals surface area contributed by atoms with Gasteiger partial charge in [0.1, 0.15) is 19.0 Å². The first-order valence-corrected chi connectivity index (χ1v) is 10.6. The molecule has 0 radical (unpaired) electrons. The fraction of sp³-hybridized carbons (Fsp3) is 0.250. The zero-order valence-electron chi connectivity index (χ0n) is 16.4. The molecule has 0 bridgehead atoms. The maximum Gasteiger partial charge on any atom is 0.412 e. The molecular weight excluding hydrogens is 433 g/mol. The van der Waals surface area contributed by atoms with Gasteiger partial charge in [-0.3, -0.25) is 4.72 Å². The molecule has 0 aromatic heterocycles. The number of rotatable bonds is 7. The number of benzene rings is 2. The molecule has 160 valence electrons. The number of alkyl halides is 1. The Balaban J connectivity index is 1.89. The quantitative estimate of drug-likeness (QED) is 0.597. The number of amides is 1. The molecule has 0 saturated carbocycles. The summed E-state index contributed by atoms with van der Waals surface area (Å²) in [5.74, 6) is 0.530. The molecule has 2 aromatic rings. The molecule has 30 heavy (non-hydrogen) atoms. The number of ether oxygens (including phenoxy) is 2. The van der Waals surface area contributed by atoms with Gasteiger partial charge in [-0.2, -0.15) is 0 Å². The monoisotopic (exact) mass is 453 g/mol. The summed E-state index contributed by atoms with van der Waals surface area (Å²) in [4.78, 5) is 11.5. The van der Waals surface area contributed by atoms with Gasteiger partial charge in [-0.15, -0.1) is 0 Å². The van der Waals surface area contributed by atoms with Crippen molar-refractivity contribution in [1.82, 2.24) is 10.0 Å². The Hall–Kier alpha value is -2.62. The van der Waals surface area contributed by atoms with Gasteiger partial charge in [0.15, 0.2) is 16.9 Å². The summed E-state index contributed by atoms with van der Waals surface area (Å²) in [7, 11) is 3.01. The number of nitrogens with one attached hydrogen (secondary N) is 3.